The van der Waals surface area contributed by atoms with E-state index in [9.17, 15) is 9.59 Å². The van der Waals surface area contributed by atoms with Gasteiger partial charge in [-0.15, -0.1) is 11.6 Å². The Kier molecular flexibility index (Phi) is 4.16. The van der Waals surface area contributed by atoms with Crippen LogP contribution in [-0.4, -0.2) is 20.0 Å². The van der Waals surface area contributed by atoms with Crippen LogP contribution in [0, 0.1) is 6.92 Å². The molecule has 5 nitrogen and oxygen atoms in total. The highest BCUT2D eigenvalue weighted by Crippen LogP contribution is 2.02. The maximum atomic E-state index is 12.3. The molecule has 0 atom stereocenters. The summed E-state index contributed by atoms with van der Waals surface area (Å²) in [5, 5.41) is 0. The molecule has 0 saturated carbocycles. The van der Waals surface area contributed by atoms with E-state index >= 15 is 0 Å². The molecular formula is C13H14ClN3O2. The van der Waals surface area contributed by atoms with Crippen molar-refractivity contribution < 1.29 is 0 Å². The number of alkyl halides is 1. The van der Waals surface area contributed by atoms with Gasteiger partial charge in [0.05, 0.1) is 5.69 Å². The summed E-state index contributed by atoms with van der Waals surface area (Å²) in [4.78, 5) is 28.2. The third-order valence-electron chi connectivity index (χ3n) is 2.80. The van der Waals surface area contributed by atoms with Crippen LogP contribution in [0.25, 0.3) is 5.69 Å². The monoisotopic (exact) mass is 279 g/mol. The molecule has 0 radical (unpaired) electrons. The van der Waals surface area contributed by atoms with Gasteiger partial charge in [0.1, 0.15) is 0 Å². The molecule has 0 amide bonds. The normalized spacial score (nSPS) is 10.6. The Labute approximate surface area is 115 Å². The molecule has 0 spiro atoms. The minimum Gasteiger partial charge on any atom is -0.269 e. The van der Waals surface area contributed by atoms with Crippen molar-refractivity contribution in [2.75, 3.05) is 5.88 Å². The van der Waals surface area contributed by atoms with Crippen LogP contribution in [0.15, 0.2) is 40.3 Å². The Balaban J connectivity index is 2.61. The quantitative estimate of drug-likeness (QED) is 0.794. The molecule has 0 N–H and O–H groups in total. The highest BCUT2D eigenvalue weighted by molar-refractivity contribution is 6.17. The van der Waals surface area contributed by atoms with Crippen LogP contribution in [0.4, 0.5) is 0 Å². The fraction of sp³-hybridized carbons (Fsp3) is 0.308. The van der Waals surface area contributed by atoms with E-state index in [1.807, 2.05) is 0 Å². The molecule has 2 heterocycles. The fourth-order valence-corrected chi connectivity index (χ4v) is 1.96. The molecule has 0 bridgehead atoms. The lowest BCUT2D eigenvalue weighted by Crippen LogP contribution is -2.40. The molecule has 0 aromatic carbocycles. The zero-order valence-electron chi connectivity index (χ0n) is 10.5. The van der Waals surface area contributed by atoms with Crippen LogP contribution in [0.2, 0.25) is 0 Å². The van der Waals surface area contributed by atoms with E-state index in [2.05, 4.69) is 4.98 Å². The number of aromatic nitrogens is 3. The summed E-state index contributed by atoms with van der Waals surface area (Å²) < 4.78 is 2.67. The van der Waals surface area contributed by atoms with E-state index in [1.54, 1.807) is 37.6 Å². The number of rotatable bonds is 4. The Bertz CT molecular complexity index is 677. The van der Waals surface area contributed by atoms with E-state index in [1.165, 1.54) is 9.13 Å². The van der Waals surface area contributed by atoms with Crippen molar-refractivity contribution in [1.29, 1.82) is 0 Å². The molecule has 0 aliphatic heterocycles. The molecule has 2 aromatic rings. The van der Waals surface area contributed by atoms with Crippen molar-refractivity contribution in [2.24, 2.45) is 0 Å². The topological polar surface area (TPSA) is 56.9 Å². The molecule has 19 heavy (non-hydrogen) atoms. The summed E-state index contributed by atoms with van der Waals surface area (Å²) in [7, 11) is 0. The first-order valence-corrected chi connectivity index (χ1v) is 6.48. The molecule has 0 unspecified atom stereocenters. The molecule has 0 aliphatic rings. The van der Waals surface area contributed by atoms with Crippen molar-refractivity contribution in [3.63, 3.8) is 0 Å². The number of hydrogen-bond acceptors (Lipinski definition) is 3. The van der Waals surface area contributed by atoms with Gasteiger partial charge in [-0.05, 0) is 25.5 Å². The highest BCUT2D eigenvalue weighted by atomic mass is 35.5. The summed E-state index contributed by atoms with van der Waals surface area (Å²) in [5.41, 5.74) is 0.584. The van der Waals surface area contributed by atoms with E-state index in [4.69, 9.17) is 11.6 Å². The van der Waals surface area contributed by atoms with E-state index in [-0.39, 0.29) is 11.2 Å². The Morgan fingerprint density at radius 3 is 2.58 bits per heavy atom. The van der Waals surface area contributed by atoms with Crippen molar-refractivity contribution in [3.05, 3.63) is 57.1 Å². The van der Waals surface area contributed by atoms with Gasteiger partial charge in [-0.25, -0.2) is 4.79 Å². The Hall–Kier alpha value is -1.88. The van der Waals surface area contributed by atoms with Crippen LogP contribution in [0.5, 0.6) is 0 Å². The smallest absolute Gasteiger partial charge is 0.269 e. The molecule has 2 aromatic heterocycles. The van der Waals surface area contributed by atoms with Gasteiger partial charge in [-0.3, -0.25) is 18.9 Å². The van der Waals surface area contributed by atoms with E-state index in [0.717, 1.165) is 0 Å². The lowest BCUT2D eigenvalue weighted by Gasteiger charge is -2.11. The van der Waals surface area contributed by atoms with Gasteiger partial charge in [0.15, 0.2) is 0 Å². The minimum absolute atomic E-state index is 0.263. The predicted octanol–water partition coefficient (Wildman–Crippen LogP) is 1.33. The maximum absolute atomic E-state index is 12.3. The van der Waals surface area contributed by atoms with Crippen molar-refractivity contribution >= 4 is 11.6 Å². The lowest BCUT2D eigenvalue weighted by atomic mass is 10.3. The first-order chi connectivity index (χ1) is 9.15. The molecule has 6 heteroatoms. The van der Waals surface area contributed by atoms with Gasteiger partial charge in [0.25, 0.3) is 5.56 Å². The van der Waals surface area contributed by atoms with Crippen molar-refractivity contribution in [3.8, 4) is 5.69 Å². The summed E-state index contributed by atoms with van der Waals surface area (Å²) >= 11 is 5.62. The second-order valence-electron chi connectivity index (χ2n) is 4.17. The first kappa shape index (κ1) is 13.5. The number of aryl methyl sites for hydroxylation is 1. The van der Waals surface area contributed by atoms with Crippen LogP contribution in [-0.2, 0) is 6.54 Å². The van der Waals surface area contributed by atoms with Gasteiger partial charge in [-0.2, -0.15) is 0 Å². The van der Waals surface area contributed by atoms with Gasteiger partial charge in [-0.1, -0.05) is 0 Å². The minimum atomic E-state index is -0.355. The average Bonchev–Trinajstić information content (AvgIpc) is 2.44. The molecule has 100 valence electrons. The second-order valence-corrected chi connectivity index (χ2v) is 4.55. The van der Waals surface area contributed by atoms with Gasteiger partial charge in [0.2, 0.25) is 0 Å². The SMILES string of the molecule is Cc1cn(-c2ccncc2)c(=O)n(CCCCl)c1=O. The number of pyridine rings is 1. The van der Waals surface area contributed by atoms with Gasteiger partial charge < -0.3 is 0 Å². The Morgan fingerprint density at radius 1 is 1.26 bits per heavy atom. The summed E-state index contributed by atoms with van der Waals surface area (Å²) in [6.07, 6.45) is 5.34. The van der Waals surface area contributed by atoms with Crippen molar-refractivity contribution in [1.82, 2.24) is 14.1 Å². The molecular weight excluding hydrogens is 266 g/mol. The van der Waals surface area contributed by atoms with Gasteiger partial charge >= 0.3 is 5.69 Å². The number of halogens is 1. The third kappa shape index (κ3) is 2.76. The number of nitrogens with zero attached hydrogens (tertiary/aromatic N) is 3. The van der Waals surface area contributed by atoms with Gasteiger partial charge in [0, 0.05) is 36.6 Å². The van der Waals surface area contributed by atoms with Crippen LogP contribution >= 0.6 is 11.6 Å². The van der Waals surface area contributed by atoms with Crippen LogP contribution in [0.3, 0.4) is 0 Å². The summed E-state index contributed by atoms with van der Waals surface area (Å²) in [5.74, 6) is 0.412. The predicted molar refractivity (Wildman–Crippen MR) is 74.2 cm³/mol. The largest absolute Gasteiger partial charge is 0.335 e. The first-order valence-electron chi connectivity index (χ1n) is 5.94. The van der Waals surface area contributed by atoms with Crippen LogP contribution < -0.4 is 11.2 Å². The van der Waals surface area contributed by atoms with Crippen LogP contribution in [0.1, 0.15) is 12.0 Å². The maximum Gasteiger partial charge on any atom is 0.335 e. The molecule has 2 rings (SSSR count). The van der Waals surface area contributed by atoms with E-state index in [0.29, 0.717) is 30.1 Å². The number of hydrogen-bond donors (Lipinski definition) is 0. The second kappa shape index (κ2) is 5.84. The highest BCUT2D eigenvalue weighted by Gasteiger charge is 2.09. The zero-order chi connectivity index (χ0) is 13.8. The molecule has 0 fully saturated rings. The zero-order valence-corrected chi connectivity index (χ0v) is 11.3. The summed E-state index contributed by atoms with van der Waals surface area (Å²) in [6.45, 7) is 2.02. The average molecular weight is 280 g/mol. The van der Waals surface area contributed by atoms with Crippen molar-refractivity contribution in [2.45, 2.75) is 19.9 Å². The van der Waals surface area contributed by atoms with E-state index < -0.39 is 0 Å². The third-order valence-corrected chi connectivity index (χ3v) is 3.07. The summed E-state index contributed by atoms with van der Waals surface area (Å²) in [6, 6.07) is 3.44. The molecule has 0 aliphatic carbocycles. The standard InChI is InChI=1S/C13H14ClN3O2/c1-10-9-17(11-3-6-15-7-4-11)13(19)16(12(10)18)8-2-5-14/h3-4,6-7,9H,2,5,8H2,1H3. The molecule has 0 saturated heterocycles. The fourth-order valence-electron chi connectivity index (χ4n) is 1.84. The lowest BCUT2D eigenvalue weighted by molar-refractivity contribution is 0.594. The Morgan fingerprint density at radius 2 is 1.95 bits per heavy atom.